The zero-order chi connectivity index (χ0) is 26.2. The molecule has 0 aliphatic carbocycles. The number of aromatic hydroxyl groups is 1. The fraction of sp³-hybridized carbons (Fsp3) is 0.154. The lowest BCUT2D eigenvalue weighted by Crippen LogP contribution is -2.20. The quantitative estimate of drug-likeness (QED) is 0.184. The van der Waals surface area contributed by atoms with Gasteiger partial charge < -0.3 is 19.3 Å². The third-order valence-corrected chi connectivity index (χ3v) is 6.16. The van der Waals surface area contributed by atoms with Gasteiger partial charge in [-0.3, -0.25) is 9.36 Å². The van der Waals surface area contributed by atoms with Crippen LogP contribution in [0.4, 0.5) is 0 Å². The molecular formula is C26H25N5O5S. The summed E-state index contributed by atoms with van der Waals surface area (Å²) in [5, 5.41) is 23.0. The van der Waals surface area contributed by atoms with E-state index in [-0.39, 0.29) is 17.4 Å². The van der Waals surface area contributed by atoms with Crippen LogP contribution < -0.4 is 19.6 Å². The van der Waals surface area contributed by atoms with Gasteiger partial charge in [-0.2, -0.15) is 5.10 Å². The standard InChI is InChI=1S/C26H25N5O5S/c1-34-21-12-10-18(14-23(21)36-3)25-29-30-26(31(25)19-7-5-4-6-8-19)37-16-24(33)28-27-15-17-9-11-20(32)22(13-17)35-2/h4-15,32H,16H2,1-3H3,(H,28,33)/b27-15+. The molecule has 0 radical (unpaired) electrons. The number of rotatable bonds is 10. The number of benzene rings is 3. The first-order chi connectivity index (χ1) is 18.0. The van der Waals surface area contributed by atoms with Crippen molar-refractivity contribution >= 4 is 23.9 Å². The number of carbonyl (C=O) groups excluding carboxylic acids is 1. The van der Waals surface area contributed by atoms with Crippen LogP contribution in [0.15, 0.2) is 77.0 Å². The smallest absolute Gasteiger partial charge is 0.250 e. The van der Waals surface area contributed by atoms with Gasteiger partial charge in [0.1, 0.15) is 0 Å². The molecule has 1 heterocycles. The van der Waals surface area contributed by atoms with Crippen LogP contribution >= 0.6 is 11.8 Å². The minimum absolute atomic E-state index is 0.0232. The molecule has 2 N–H and O–H groups in total. The van der Waals surface area contributed by atoms with Gasteiger partial charge in [0, 0.05) is 11.3 Å². The third-order valence-electron chi connectivity index (χ3n) is 5.23. The van der Waals surface area contributed by atoms with Gasteiger partial charge in [0.05, 0.1) is 33.3 Å². The van der Waals surface area contributed by atoms with Gasteiger partial charge >= 0.3 is 0 Å². The van der Waals surface area contributed by atoms with E-state index in [1.165, 1.54) is 31.2 Å². The second kappa shape index (κ2) is 12.0. The third kappa shape index (κ3) is 6.01. The minimum Gasteiger partial charge on any atom is -0.504 e. The molecule has 0 saturated carbocycles. The van der Waals surface area contributed by atoms with Crippen LogP contribution in [0, 0.1) is 0 Å². The number of para-hydroxylation sites is 1. The lowest BCUT2D eigenvalue weighted by atomic mass is 10.2. The van der Waals surface area contributed by atoms with Crippen LogP contribution in [0.25, 0.3) is 17.1 Å². The highest BCUT2D eigenvalue weighted by molar-refractivity contribution is 7.99. The van der Waals surface area contributed by atoms with Gasteiger partial charge in [-0.25, -0.2) is 5.43 Å². The summed E-state index contributed by atoms with van der Waals surface area (Å²) in [5.74, 6) is 1.85. The van der Waals surface area contributed by atoms with Gasteiger partial charge in [-0.15, -0.1) is 10.2 Å². The lowest BCUT2D eigenvalue weighted by Gasteiger charge is -2.12. The van der Waals surface area contributed by atoms with Crippen molar-refractivity contribution in [3.63, 3.8) is 0 Å². The van der Waals surface area contributed by atoms with E-state index >= 15 is 0 Å². The first-order valence-corrected chi connectivity index (χ1v) is 12.1. The predicted molar refractivity (Wildman–Crippen MR) is 141 cm³/mol. The van der Waals surface area contributed by atoms with Crippen molar-refractivity contribution in [3.8, 4) is 40.1 Å². The molecule has 10 nitrogen and oxygen atoms in total. The average molecular weight is 520 g/mol. The number of phenolic OH excluding ortho intramolecular Hbond substituents is 1. The van der Waals surface area contributed by atoms with Crippen molar-refractivity contribution < 1.29 is 24.1 Å². The van der Waals surface area contributed by atoms with Crippen molar-refractivity contribution in [2.24, 2.45) is 5.10 Å². The number of nitrogens with zero attached hydrogens (tertiary/aromatic N) is 4. The number of hydrazone groups is 1. The van der Waals surface area contributed by atoms with Gasteiger partial charge in [0.25, 0.3) is 5.91 Å². The van der Waals surface area contributed by atoms with Gasteiger partial charge in [-0.1, -0.05) is 30.0 Å². The number of methoxy groups -OCH3 is 3. The summed E-state index contributed by atoms with van der Waals surface area (Å²) in [6, 6.07) is 19.9. The molecule has 0 atom stereocenters. The van der Waals surface area contributed by atoms with Crippen LogP contribution in [-0.4, -0.2) is 59.1 Å². The summed E-state index contributed by atoms with van der Waals surface area (Å²) in [4.78, 5) is 12.5. The topological polar surface area (TPSA) is 120 Å². The Morgan fingerprint density at radius 1 is 0.973 bits per heavy atom. The summed E-state index contributed by atoms with van der Waals surface area (Å²) in [5.41, 5.74) is 4.78. The molecule has 0 aliphatic rings. The van der Waals surface area contributed by atoms with Crippen molar-refractivity contribution in [1.29, 1.82) is 0 Å². The van der Waals surface area contributed by atoms with Gasteiger partial charge in [0.15, 0.2) is 34.0 Å². The monoisotopic (exact) mass is 519 g/mol. The zero-order valence-electron chi connectivity index (χ0n) is 20.4. The van der Waals surface area contributed by atoms with Crippen LogP contribution in [0.1, 0.15) is 5.56 Å². The van der Waals surface area contributed by atoms with Crippen LogP contribution in [0.5, 0.6) is 23.0 Å². The molecule has 0 saturated heterocycles. The van der Waals surface area contributed by atoms with Crippen LogP contribution in [0.3, 0.4) is 0 Å². The minimum atomic E-state index is -0.317. The predicted octanol–water partition coefficient (Wildman–Crippen LogP) is 3.91. The molecule has 1 amide bonds. The second-order valence-electron chi connectivity index (χ2n) is 7.56. The molecule has 3 aromatic carbocycles. The Morgan fingerprint density at radius 3 is 2.46 bits per heavy atom. The number of phenols is 1. The van der Waals surface area contributed by atoms with E-state index in [1.54, 1.807) is 32.4 Å². The maximum Gasteiger partial charge on any atom is 0.250 e. The van der Waals surface area contributed by atoms with Gasteiger partial charge in [-0.05, 0) is 54.1 Å². The fourth-order valence-corrected chi connectivity index (χ4v) is 4.20. The Balaban J connectivity index is 1.52. The normalized spacial score (nSPS) is 10.9. The highest BCUT2D eigenvalue weighted by atomic mass is 32.2. The molecule has 1 aromatic heterocycles. The second-order valence-corrected chi connectivity index (χ2v) is 8.50. The molecule has 190 valence electrons. The molecule has 4 rings (SSSR count). The molecule has 0 fully saturated rings. The van der Waals surface area contributed by atoms with Crippen molar-refractivity contribution in [2.75, 3.05) is 27.1 Å². The summed E-state index contributed by atoms with van der Waals surface area (Å²) < 4.78 is 17.7. The molecule has 11 heteroatoms. The summed E-state index contributed by atoms with van der Waals surface area (Å²) >= 11 is 1.23. The van der Waals surface area contributed by atoms with E-state index in [9.17, 15) is 9.90 Å². The van der Waals surface area contributed by atoms with Crippen LogP contribution in [-0.2, 0) is 4.79 Å². The Kier molecular flexibility index (Phi) is 8.26. The zero-order valence-corrected chi connectivity index (χ0v) is 21.2. The first kappa shape index (κ1) is 25.6. The van der Waals surface area contributed by atoms with E-state index in [1.807, 2.05) is 47.0 Å². The molecule has 0 aliphatic heterocycles. The van der Waals surface area contributed by atoms with E-state index < -0.39 is 0 Å². The molecule has 4 aromatic rings. The number of aromatic nitrogens is 3. The van der Waals surface area contributed by atoms with E-state index in [0.717, 1.165) is 11.3 Å². The Morgan fingerprint density at radius 2 is 1.73 bits per heavy atom. The maximum absolute atomic E-state index is 12.5. The van der Waals surface area contributed by atoms with Gasteiger partial charge in [0.2, 0.25) is 0 Å². The van der Waals surface area contributed by atoms with Crippen molar-refractivity contribution in [2.45, 2.75) is 5.16 Å². The lowest BCUT2D eigenvalue weighted by molar-refractivity contribution is -0.118. The molecule has 0 bridgehead atoms. The van der Waals surface area contributed by atoms with Crippen molar-refractivity contribution in [3.05, 3.63) is 72.3 Å². The number of ether oxygens (including phenoxy) is 3. The number of amides is 1. The first-order valence-electron chi connectivity index (χ1n) is 11.1. The number of hydrogen-bond donors (Lipinski definition) is 2. The number of thioether (sulfide) groups is 1. The Hall–Kier alpha value is -4.51. The number of carbonyl (C=O) groups is 1. The van der Waals surface area contributed by atoms with E-state index in [0.29, 0.717) is 33.8 Å². The molecule has 0 spiro atoms. The number of hydrogen-bond acceptors (Lipinski definition) is 9. The molecule has 0 unspecified atom stereocenters. The summed E-state index contributed by atoms with van der Waals surface area (Å²) in [6.45, 7) is 0. The molecular weight excluding hydrogens is 494 g/mol. The summed E-state index contributed by atoms with van der Waals surface area (Å²) in [7, 11) is 4.61. The van der Waals surface area contributed by atoms with E-state index in [2.05, 4.69) is 20.7 Å². The Bertz CT molecular complexity index is 1410. The molecule has 37 heavy (non-hydrogen) atoms. The highest BCUT2D eigenvalue weighted by Crippen LogP contribution is 2.34. The van der Waals surface area contributed by atoms with Crippen LogP contribution in [0.2, 0.25) is 0 Å². The largest absolute Gasteiger partial charge is 0.504 e. The highest BCUT2D eigenvalue weighted by Gasteiger charge is 2.18. The SMILES string of the molecule is COc1cc(/C=N/NC(=O)CSc2nnc(-c3ccc(OC)c(OC)c3)n2-c2ccccc2)ccc1O. The number of nitrogens with one attached hydrogen (secondary N) is 1. The fourth-order valence-electron chi connectivity index (χ4n) is 3.45. The average Bonchev–Trinajstić information content (AvgIpc) is 3.36. The Labute approximate surface area is 217 Å². The maximum atomic E-state index is 12.5. The van der Waals surface area contributed by atoms with E-state index in [4.69, 9.17) is 14.2 Å². The summed E-state index contributed by atoms with van der Waals surface area (Å²) in [6.07, 6.45) is 1.46. The van der Waals surface area contributed by atoms with Crippen molar-refractivity contribution in [1.82, 2.24) is 20.2 Å².